The van der Waals surface area contributed by atoms with Crippen molar-refractivity contribution in [3.8, 4) is 0 Å². The Hall–Kier alpha value is -0.950. The average molecular weight is 340 g/mol. The number of hydrogen-bond acceptors (Lipinski definition) is 4. The fourth-order valence-corrected chi connectivity index (χ4v) is 3.79. The molecule has 23 heavy (non-hydrogen) atoms. The first-order valence-electron chi connectivity index (χ1n) is 8.25. The van der Waals surface area contributed by atoms with Crippen molar-refractivity contribution in [3.63, 3.8) is 0 Å². The Balaban J connectivity index is 2.01. The number of nitrogens with one attached hydrogen (secondary N) is 2. The molecular formula is C17H28N2O3S. The number of rotatable bonds is 6. The van der Waals surface area contributed by atoms with Crippen molar-refractivity contribution in [1.29, 1.82) is 0 Å². The normalized spacial score (nSPS) is 26.9. The lowest BCUT2D eigenvalue weighted by molar-refractivity contribution is -0.00784. The van der Waals surface area contributed by atoms with Crippen LogP contribution in [0.25, 0.3) is 0 Å². The van der Waals surface area contributed by atoms with Crippen LogP contribution in [0, 0.1) is 5.92 Å². The monoisotopic (exact) mass is 340 g/mol. The zero-order chi connectivity index (χ0) is 17.1. The molecule has 1 aliphatic rings. The summed E-state index contributed by atoms with van der Waals surface area (Å²) in [5.74, 6) is 0.691. The summed E-state index contributed by atoms with van der Waals surface area (Å²) >= 11 is 0. The van der Waals surface area contributed by atoms with Crippen molar-refractivity contribution < 1.29 is 13.5 Å². The molecule has 0 saturated heterocycles. The van der Waals surface area contributed by atoms with Gasteiger partial charge in [0.1, 0.15) is 0 Å². The van der Waals surface area contributed by atoms with Crippen LogP contribution in [0.5, 0.6) is 0 Å². The van der Waals surface area contributed by atoms with Gasteiger partial charge in [-0.05, 0) is 63.3 Å². The molecule has 1 atom stereocenters. The third kappa shape index (κ3) is 4.76. The van der Waals surface area contributed by atoms with Gasteiger partial charge in [-0.15, -0.1) is 0 Å². The van der Waals surface area contributed by atoms with E-state index < -0.39 is 15.6 Å². The molecule has 0 heterocycles. The van der Waals surface area contributed by atoms with E-state index in [-0.39, 0.29) is 10.9 Å². The Morgan fingerprint density at radius 3 is 2.61 bits per heavy atom. The van der Waals surface area contributed by atoms with Crippen molar-refractivity contribution in [2.45, 2.75) is 56.1 Å². The molecule has 5 nitrogen and oxygen atoms in total. The van der Waals surface area contributed by atoms with Gasteiger partial charge in [-0.3, -0.25) is 0 Å². The zero-order valence-electron chi connectivity index (χ0n) is 14.2. The van der Waals surface area contributed by atoms with Crippen LogP contribution in [0.3, 0.4) is 0 Å². The first-order chi connectivity index (χ1) is 10.8. The summed E-state index contributed by atoms with van der Waals surface area (Å²) in [5, 5.41) is 14.0. The molecule has 0 aliphatic heterocycles. The summed E-state index contributed by atoms with van der Waals surface area (Å²) < 4.78 is 26.1. The van der Waals surface area contributed by atoms with E-state index in [9.17, 15) is 13.5 Å². The van der Waals surface area contributed by atoms with E-state index in [4.69, 9.17) is 0 Å². The van der Waals surface area contributed by atoms with E-state index in [1.165, 1.54) is 7.05 Å². The van der Waals surface area contributed by atoms with Gasteiger partial charge in [0.2, 0.25) is 10.0 Å². The van der Waals surface area contributed by atoms with Crippen LogP contribution in [-0.4, -0.2) is 32.7 Å². The van der Waals surface area contributed by atoms with E-state index in [0.29, 0.717) is 12.5 Å². The summed E-state index contributed by atoms with van der Waals surface area (Å²) in [4.78, 5) is 0.261. The van der Waals surface area contributed by atoms with Crippen LogP contribution in [0.15, 0.2) is 29.2 Å². The molecule has 1 aromatic carbocycles. The van der Waals surface area contributed by atoms with E-state index in [2.05, 4.69) is 17.0 Å². The Kier molecular flexibility index (Phi) is 5.84. The largest absolute Gasteiger partial charge is 0.389 e. The standard InChI is InChI=1S/C17H28N2O3S/c1-13-7-9-17(20,10-8-13)12-19-14(2)15-5-4-6-16(11-15)23(21,22)18-3/h4-6,11,13-14,18-20H,7-10,12H2,1-3H3/t13?,14-,17?/m0/s1. The van der Waals surface area contributed by atoms with Crippen LogP contribution < -0.4 is 10.0 Å². The van der Waals surface area contributed by atoms with Gasteiger partial charge in [0.05, 0.1) is 10.5 Å². The van der Waals surface area contributed by atoms with Gasteiger partial charge in [0.15, 0.2) is 0 Å². The molecule has 1 fully saturated rings. The molecule has 0 unspecified atom stereocenters. The van der Waals surface area contributed by atoms with Crippen LogP contribution in [-0.2, 0) is 10.0 Å². The lowest BCUT2D eigenvalue weighted by Crippen LogP contribution is -2.44. The predicted octanol–water partition coefficient (Wildman–Crippen LogP) is 2.19. The highest BCUT2D eigenvalue weighted by Crippen LogP contribution is 2.31. The second kappa shape index (κ2) is 7.30. The van der Waals surface area contributed by atoms with Crippen LogP contribution in [0.1, 0.15) is 51.1 Å². The minimum atomic E-state index is -3.44. The van der Waals surface area contributed by atoms with Crippen molar-refractivity contribution in [3.05, 3.63) is 29.8 Å². The van der Waals surface area contributed by atoms with Gasteiger partial charge in [0, 0.05) is 12.6 Å². The SMILES string of the molecule is CNS(=O)(=O)c1cccc([C@H](C)NCC2(O)CCC(C)CC2)c1. The van der Waals surface area contributed by atoms with Crippen LogP contribution in [0.2, 0.25) is 0 Å². The van der Waals surface area contributed by atoms with Crippen molar-refractivity contribution in [1.82, 2.24) is 10.0 Å². The lowest BCUT2D eigenvalue weighted by Gasteiger charge is -2.36. The molecule has 3 N–H and O–H groups in total. The first kappa shape index (κ1) is 18.4. The molecule has 130 valence electrons. The second-order valence-electron chi connectivity index (χ2n) is 6.79. The Labute approximate surface area is 139 Å². The van der Waals surface area contributed by atoms with E-state index in [1.54, 1.807) is 18.2 Å². The lowest BCUT2D eigenvalue weighted by atomic mass is 9.79. The molecule has 0 radical (unpaired) electrons. The van der Waals surface area contributed by atoms with Crippen molar-refractivity contribution in [2.24, 2.45) is 5.92 Å². The number of aliphatic hydroxyl groups is 1. The molecule has 1 saturated carbocycles. The molecule has 6 heteroatoms. The van der Waals surface area contributed by atoms with Gasteiger partial charge in [-0.1, -0.05) is 19.1 Å². The molecule has 0 aromatic heterocycles. The van der Waals surface area contributed by atoms with Gasteiger partial charge in [-0.25, -0.2) is 13.1 Å². The highest BCUT2D eigenvalue weighted by molar-refractivity contribution is 7.89. The Morgan fingerprint density at radius 1 is 1.35 bits per heavy atom. The molecule has 1 aliphatic carbocycles. The minimum absolute atomic E-state index is 0.0228. The van der Waals surface area contributed by atoms with Crippen LogP contribution >= 0.6 is 0 Å². The van der Waals surface area contributed by atoms with Crippen LogP contribution in [0.4, 0.5) is 0 Å². The molecule has 0 bridgehead atoms. The molecule has 2 rings (SSSR count). The third-order valence-electron chi connectivity index (χ3n) is 4.88. The van der Waals surface area contributed by atoms with E-state index in [1.807, 2.05) is 13.0 Å². The second-order valence-corrected chi connectivity index (χ2v) is 8.68. The maximum atomic E-state index is 11.9. The molecule has 0 spiro atoms. The zero-order valence-corrected chi connectivity index (χ0v) is 15.0. The highest BCUT2D eigenvalue weighted by Gasteiger charge is 2.31. The van der Waals surface area contributed by atoms with Gasteiger partial charge in [-0.2, -0.15) is 0 Å². The van der Waals surface area contributed by atoms with Gasteiger partial charge in [0.25, 0.3) is 0 Å². The fourth-order valence-electron chi connectivity index (χ4n) is 3.01. The van der Waals surface area contributed by atoms with E-state index >= 15 is 0 Å². The molecule has 0 amide bonds. The smallest absolute Gasteiger partial charge is 0.240 e. The van der Waals surface area contributed by atoms with Gasteiger partial charge >= 0.3 is 0 Å². The first-order valence-corrected chi connectivity index (χ1v) is 9.73. The summed E-state index contributed by atoms with van der Waals surface area (Å²) in [6, 6.07) is 6.88. The summed E-state index contributed by atoms with van der Waals surface area (Å²) in [6.07, 6.45) is 3.76. The quantitative estimate of drug-likeness (QED) is 0.742. The maximum absolute atomic E-state index is 11.9. The Bertz CT molecular complexity index is 622. The Morgan fingerprint density at radius 2 is 2.00 bits per heavy atom. The predicted molar refractivity (Wildman–Crippen MR) is 91.7 cm³/mol. The highest BCUT2D eigenvalue weighted by atomic mass is 32.2. The van der Waals surface area contributed by atoms with Gasteiger partial charge < -0.3 is 10.4 Å². The molecular weight excluding hydrogens is 312 g/mol. The maximum Gasteiger partial charge on any atom is 0.240 e. The molecule has 1 aromatic rings. The number of sulfonamides is 1. The fraction of sp³-hybridized carbons (Fsp3) is 0.647. The van der Waals surface area contributed by atoms with Crippen molar-refractivity contribution in [2.75, 3.05) is 13.6 Å². The third-order valence-corrected chi connectivity index (χ3v) is 6.29. The summed E-state index contributed by atoms with van der Waals surface area (Å²) in [5.41, 5.74) is 0.254. The van der Waals surface area contributed by atoms with Crippen molar-refractivity contribution >= 4 is 10.0 Å². The topological polar surface area (TPSA) is 78.4 Å². The minimum Gasteiger partial charge on any atom is -0.389 e. The average Bonchev–Trinajstić information content (AvgIpc) is 2.56. The number of hydrogen-bond donors (Lipinski definition) is 3. The number of benzene rings is 1. The summed E-state index contributed by atoms with van der Waals surface area (Å²) in [6.45, 7) is 4.74. The summed E-state index contributed by atoms with van der Waals surface area (Å²) in [7, 11) is -2.03. The van der Waals surface area contributed by atoms with E-state index in [0.717, 1.165) is 31.2 Å².